The summed E-state index contributed by atoms with van der Waals surface area (Å²) < 4.78 is 19.6. The standard InChI is InChI=1S/C8H17N3O2.C7H15O6P.4C2H6/c1-7(11-13-3)6-10-8(12)4-5-9-2;1-7(2,6(9)4-8)5-13-14(10,11)12-3;4*1-2/h9H,4-6H2,1-3H3,(H,10,12);4,6,9H,5H2,1-3H3,(H,10,11);4*1-2H3/b11-7+;;;;;. The number of carbonyl (C=O) groups excluding carboxylic acids is 2. The Morgan fingerprint density at radius 1 is 1.09 bits per heavy atom. The number of oxime groups is 1. The quantitative estimate of drug-likeness (QED) is 0.125. The Morgan fingerprint density at radius 3 is 1.89 bits per heavy atom. The lowest BCUT2D eigenvalue weighted by atomic mass is 9.88. The van der Waals surface area contributed by atoms with Crippen molar-refractivity contribution in [3.05, 3.63) is 0 Å². The fraction of sp³-hybridized carbons (Fsp3) is 0.870. The number of aldehydes is 1. The second-order valence-electron chi connectivity index (χ2n) is 6.13. The molecule has 2 atom stereocenters. The molecule has 216 valence electrons. The van der Waals surface area contributed by atoms with E-state index >= 15 is 0 Å². The third-order valence-corrected chi connectivity index (χ3v) is 4.07. The molecular weight excluding hydrogens is 477 g/mol. The summed E-state index contributed by atoms with van der Waals surface area (Å²) in [6, 6.07) is 0. The number of amides is 1. The predicted molar refractivity (Wildman–Crippen MR) is 146 cm³/mol. The van der Waals surface area contributed by atoms with Gasteiger partial charge in [0.2, 0.25) is 5.91 Å². The van der Waals surface area contributed by atoms with Crippen LogP contribution in [0.2, 0.25) is 0 Å². The van der Waals surface area contributed by atoms with Crippen molar-refractivity contribution in [2.45, 2.75) is 88.7 Å². The summed E-state index contributed by atoms with van der Waals surface area (Å²) in [5.41, 5.74) is -0.182. The molecule has 0 spiro atoms. The van der Waals surface area contributed by atoms with Crippen LogP contribution in [0.1, 0.15) is 82.6 Å². The van der Waals surface area contributed by atoms with Gasteiger partial charge in [0.15, 0.2) is 0 Å². The summed E-state index contributed by atoms with van der Waals surface area (Å²) in [5.74, 6) is 0.0139. The van der Waals surface area contributed by atoms with Crippen LogP contribution in [0, 0.1) is 5.41 Å². The highest BCUT2D eigenvalue weighted by Crippen LogP contribution is 2.43. The number of phosphoric acid groups is 1. The van der Waals surface area contributed by atoms with Gasteiger partial charge in [-0.3, -0.25) is 13.8 Å². The second-order valence-corrected chi connectivity index (χ2v) is 7.69. The summed E-state index contributed by atoms with van der Waals surface area (Å²) in [6.07, 6.45) is -0.422. The topological polar surface area (TPSA) is 156 Å². The summed E-state index contributed by atoms with van der Waals surface area (Å²) in [7, 11) is 0.274. The average Bonchev–Trinajstić information content (AvgIpc) is 2.90. The number of aliphatic hydroxyl groups is 1. The molecule has 0 aromatic rings. The van der Waals surface area contributed by atoms with Crippen LogP contribution in [0.3, 0.4) is 0 Å². The Balaban J connectivity index is -0.0000000932. The molecule has 0 saturated heterocycles. The Bertz CT molecular complexity index is 519. The van der Waals surface area contributed by atoms with Gasteiger partial charge in [-0.25, -0.2) is 4.57 Å². The van der Waals surface area contributed by atoms with E-state index in [4.69, 9.17) is 4.89 Å². The molecule has 0 heterocycles. The third kappa shape index (κ3) is 37.4. The highest BCUT2D eigenvalue weighted by atomic mass is 31.2. The fourth-order valence-electron chi connectivity index (χ4n) is 1.31. The van der Waals surface area contributed by atoms with E-state index in [9.17, 15) is 19.3 Å². The lowest BCUT2D eigenvalue weighted by Crippen LogP contribution is -2.34. The monoisotopic (exact) mass is 533 g/mol. The van der Waals surface area contributed by atoms with Gasteiger partial charge >= 0.3 is 7.82 Å². The number of hydrogen-bond acceptors (Lipinski definition) is 9. The molecule has 11 nitrogen and oxygen atoms in total. The number of hydrogen-bond donors (Lipinski definition) is 4. The number of carbonyl (C=O) groups is 2. The Morgan fingerprint density at radius 2 is 1.54 bits per heavy atom. The Hall–Kier alpha value is -1.36. The molecule has 0 fully saturated rings. The summed E-state index contributed by atoms with van der Waals surface area (Å²) in [5, 5.41) is 18.5. The minimum Gasteiger partial charge on any atom is -0.399 e. The van der Waals surface area contributed by atoms with Crippen molar-refractivity contribution in [2.75, 3.05) is 41.0 Å². The maximum atomic E-state index is 11.1. The number of rotatable bonds is 12. The molecule has 12 heteroatoms. The van der Waals surface area contributed by atoms with Gasteiger partial charge in [0.25, 0.3) is 0 Å². The van der Waals surface area contributed by atoms with Crippen LogP contribution in [0.15, 0.2) is 5.16 Å². The normalized spacial score (nSPS) is 12.3. The number of nitrogens with zero attached hydrogens (tertiary/aromatic N) is 1. The van der Waals surface area contributed by atoms with E-state index in [1.807, 2.05) is 62.4 Å². The van der Waals surface area contributed by atoms with Crippen molar-refractivity contribution < 1.29 is 38.0 Å². The molecule has 4 N–H and O–H groups in total. The van der Waals surface area contributed by atoms with Gasteiger partial charge < -0.3 is 30.3 Å². The van der Waals surface area contributed by atoms with E-state index in [1.165, 1.54) is 21.0 Å². The van der Waals surface area contributed by atoms with Crippen LogP contribution in [-0.4, -0.2) is 75.0 Å². The minimum atomic E-state index is -4.05. The highest BCUT2D eigenvalue weighted by molar-refractivity contribution is 7.47. The van der Waals surface area contributed by atoms with Gasteiger partial charge in [-0.15, -0.1) is 0 Å². The largest absolute Gasteiger partial charge is 0.471 e. The zero-order chi connectivity index (χ0) is 29.5. The first-order chi connectivity index (χ1) is 16.5. The SMILES string of the molecule is CC.CC.CC.CC.CNCCC(=O)NC/C(C)=N/OC.COP(=O)(O)OCC(C)(C)C(O)C=O. The maximum absolute atomic E-state index is 11.1. The van der Waals surface area contributed by atoms with Gasteiger partial charge in [0, 0.05) is 25.5 Å². The predicted octanol–water partition coefficient (Wildman–Crippen LogP) is 4.18. The summed E-state index contributed by atoms with van der Waals surface area (Å²) in [6.45, 7) is 21.7. The van der Waals surface area contributed by atoms with Crippen LogP contribution in [0.5, 0.6) is 0 Å². The first-order valence-corrected chi connectivity index (χ1v) is 13.6. The van der Waals surface area contributed by atoms with Crippen molar-refractivity contribution in [3.63, 3.8) is 0 Å². The van der Waals surface area contributed by atoms with Gasteiger partial charge in [0.05, 0.1) is 18.9 Å². The lowest BCUT2D eigenvalue weighted by Gasteiger charge is -2.26. The van der Waals surface area contributed by atoms with Crippen molar-refractivity contribution in [2.24, 2.45) is 10.6 Å². The van der Waals surface area contributed by atoms with Crippen LogP contribution in [0.4, 0.5) is 0 Å². The zero-order valence-corrected chi connectivity index (χ0v) is 25.6. The Labute approximate surface area is 215 Å². The van der Waals surface area contributed by atoms with Crippen molar-refractivity contribution in [1.82, 2.24) is 10.6 Å². The molecule has 0 aromatic carbocycles. The first kappa shape index (κ1) is 46.9. The van der Waals surface area contributed by atoms with E-state index in [0.717, 1.165) is 12.8 Å². The first-order valence-electron chi connectivity index (χ1n) is 12.1. The van der Waals surface area contributed by atoms with E-state index in [2.05, 4.69) is 29.7 Å². The van der Waals surface area contributed by atoms with E-state index in [1.54, 1.807) is 6.92 Å². The van der Waals surface area contributed by atoms with Crippen molar-refractivity contribution in [3.8, 4) is 0 Å². The van der Waals surface area contributed by atoms with Crippen LogP contribution in [0.25, 0.3) is 0 Å². The smallest absolute Gasteiger partial charge is 0.399 e. The van der Waals surface area contributed by atoms with Crippen molar-refractivity contribution in [1.29, 1.82) is 0 Å². The van der Waals surface area contributed by atoms with E-state index in [0.29, 0.717) is 25.8 Å². The molecule has 35 heavy (non-hydrogen) atoms. The third-order valence-electron chi connectivity index (χ3n) is 3.15. The minimum absolute atomic E-state index is 0.0139. The summed E-state index contributed by atoms with van der Waals surface area (Å²) >= 11 is 0. The van der Waals surface area contributed by atoms with E-state index in [-0.39, 0.29) is 12.5 Å². The zero-order valence-electron chi connectivity index (χ0n) is 24.7. The van der Waals surface area contributed by atoms with Crippen molar-refractivity contribution >= 4 is 25.7 Å². The number of aliphatic hydroxyl groups excluding tert-OH is 1. The van der Waals surface area contributed by atoms with Gasteiger partial charge in [-0.2, -0.15) is 0 Å². The van der Waals surface area contributed by atoms with Gasteiger partial charge in [-0.1, -0.05) is 74.4 Å². The number of nitrogens with one attached hydrogen (secondary N) is 2. The second kappa shape index (κ2) is 34.8. The van der Waals surface area contributed by atoms with Gasteiger partial charge in [-0.05, 0) is 14.0 Å². The molecule has 0 saturated carbocycles. The molecule has 0 radical (unpaired) electrons. The van der Waals surface area contributed by atoms with Gasteiger partial charge in [0.1, 0.15) is 19.5 Å². The lowest BCUT2D eigenvalue weighted by molar-refractivity contribution is -0.122. The molecule has 0 aliphatic carbocycles. The molecule has 1 amide bonds. The molecular formula is C23H56N3O8P. The molecule has 0 aliphatic heterocycles. The fourth-order valence-corrected chi connectivity index (χ4v) is 1.91. The van der Waals surface area contributed by atoms with Crippen LogP contribution < -0.4 is 10.6 Å². The molecule has 0 aliphatic rings. The number of phosphoric ester groups is 1. The maximum Gasteiger partial charge on any atom is 0.471 e. The average molecular weight is 534 g/mol. The van der Waals surface area contributed by atoms with E-state index < -0.39 is 19.3 Å². The van der Waals surface area contributed by atoms with Crippen LogP contribution in [-0.2, 0) is 28.0 Å². The molecule has 0 rings (SSSR count). The highest BCUT2D eigenvalue weighted by Gasteiger charge is 2.31. The molecule has 0 bridgehead atoms. The Kier molecular flexibility index (Phi) is 46.7. The molecule has 2 unspecified atom stereocenters. The van der Waals surface area contributed by atoms with Crippen LogP contribution >= 0.6 is 7.82 Å². The summed E-state index contributed by atoms with van der Waals surface area (Å²) in [4.78, 5) is 34.8. The molecule has 0 aromatic heterocycles.